The van der Waals surface area contributed by atoms with Crippen LogP contribution in [0.5, 0.6) is 0 Å². The molecule has 0 saturated carbocycles. The summed E-state index contributed by atoms with van der Waals surface area (Å²) in [4.78, 5) is 13.7. The third kappa shape index (κ3) is 3.94. The smallest absolute Gasteiger partial charge is 0.225 e. The summed E-state index contributed by atoms with van der Waals surface area (Å²) in [5.41, 5.74) is 0.980. The van der Waals surface area contributed by atoms with Gasteiger partial charge in [-0.2, -0.15) is 0 Å². The zero-order chi connectivity index (χ0) is 15.4. The maximum Gasteiger partial charge on any atom is 0.225 e. The summed E-state index contributed by atoms with van der Waals surface area (Å²) in [6.07, 6.45) is 3.00. The summed E-state index contributed by atoms with van der Waals surface area (Å²) in [5.74, 6) is 0.789. The predicted octanol–water partition coefficient (Wildman–Crippen LogP) is 2.55. The van der Waals surface area contributed by atoms with Crippen molar-refractivity contribution in [1.82, 2.24) is 14.9 Å². The summed E-state index contributed by atoms with van der Waals surface area (Å²) in [7, 11) is 2.05. The van der Waals surface area contributed by atoms with E-state index < -0.39 is 0 Å². The van der Waals surface area contributed by atoms with Crippen LogP contribution in [-0.2, 0) is 4.74 Å². The van der Waals surface area contributed by atoms with Crippen LogP contribution >= 0.6 is 15.9 Å². The van der Waals surface area contributed by atoms with E-state index in [1.807, 2.05) is 24.4 Å². The largest absolute Gasteiger partial charge is 0.379 e. The number of morpholine rings is 1. The third-order valence-electron chi connectivity index (χ3n) is 3.94. The summed E-state index contributed by atoms with van der Waals surface area (Å²) < 4.78 is 6.42. The second kappa shape index (κ2) is 7.35. The Morgan fingerprint density at radius 1 is 1.32 bits per heavy atom. The summed E-state index contributed by atoms with van der Waals surface area (Å²) in [6, 6.07) is 6.07. The number of rotatable bonds is 5. The average molecular weight is 365 g/mol. The van der Waals surface area contributed by atoms with E-state index in [2.05, 4.69) is 42.7 Å². The van der Waals surface area contributed by atoms with Crippen molar-refractivity contribution in [1.29, 1.82) is 0 Å². The Kier molecular flexibility index (Phi) is 5.23. The highest BCUT2D eigenvalue weighted by Gasteiger charge is 2.11. The molecule has 0 N–H and O–H groups in total. The lowest BCUT2D eigenvalue weighted by molar-refractivity contribution is 0.0377. The number of fused-ring (bicyclic) bond motifs is 1. The number of hydrogen-bond donors (Lipinski definition) is 0. The van der Waals surface area contributed by atoms with Gasteiger partial charge in [-0.3, -0.25) is 4.90 Å². The van der Waals surface area contributed by atoms with Crippen molar-refractivity contribution in [3.05, 3.63) is 28.9 Å². The summed E-state index contributed by atoms with van der Waals surface area (Å²) in [6.45, 7) is 5.88. The van der Waals surface area contributed by atoms with Gasteiger partial charge in [0.2, 0.25) is 5.95 Å². The zero-order valence-corrected chi connectivity index (χ0v) is 14.4. The molecule has 1 aromatic carbocycles. The first-order valence-electron chi connectivity index (χ1n) is 7.66. The molecule has 1 aliphatic rings. The standard InChI is InChI=1S/C16H21BrN4O/c1-20(5-2-6-21-7-9-22-10-8-21)16-18-12-13-11-14(17)3-4-15(13)19-16/h3-4,11-12H,2,5-10H2,1H3. The van der Waals surface area contributed by atoms with Gasteiger partial charge in [-0.25, -0.2) is 9.97 Å². The Balaban J connectivity index is 1.57. The first-order chi connectivity index (χ1) is 10.7. The molecule has 0 amide bonds. The quantitative estimate of drug-likeness (QED) is 0.815. The predicted molar refractivity (Wildman–Crippen MR) is 92.4 cm³/mol. The van der Waals surface area contributed by atoms with E-state index in [1.165, 1.54) is 0 Å². The molecule has 2 heterocycles. The highest BCUT2D eigenvalue weighted by atomic mass is 79.9. The number of halogens is 1. The number of anilines is 1. The second-order valence-corrected chi connectivity index (χ2v) is 6.52. The minimum Gasteiger partial charge on any atom is -0.379 e. The van der Waals surface area contributed by atoms with E-state index in [1.54, 1.807) is 0 Å². The maximum absolute atomic E-state index is 5.37. The highest BCUT2D eigenvalue weighted by Crippen LogP contribution is 2.19. The molecular weight excluding hydrogens is 344 g/mol. The van der Waals surface area contributed by atoms with Gasteiger partial charge in [0.05, 0.1) is 18.7 Å². The Morgan fingerprint density at radius 2 is 2.14 bits per heavy atom. The third-order valence-corrected chi connectivity index (χ3v) is 4.44. The molecule has 1 saturated heterocycles. The van der Waals surface area contributed by atoms with E-state index in [9.17, 15) is 0 Å². The molecular formula is C16H21BrN4O. The van der Waals surface area contributed by atoms with E-state index >= 15 is 0 Å². The van der Waals surface area contributed by atoms with Crippen LogP contribution < -0.4 is 4.90 Å². The van der Waals surface area contributed by atoms with Crippen molar-refractivity contribution in [3.63, 3.8) is 0 Å². The van der Waals surface area contributed by atoms with Crippen molar-refractivity contribution < 1.29 is 4.74 Å². The SMILES string of the molecule is CN(CCCN1CCOCC1)c1ncc2cc(Br)ccc2n1. The topological polar surface area (TPSA) is 41.5 Å². The molecule has 0 radical (unpaired) electrons. The van der Waals surface area contributed by atoms with Crippen molar-refractivity contribution in [3.8, 4) is 0 Å². The maximum atomic E-state index is 5.37. The van der Waals surface area contributed by atoms with Gasteiger partial charge < -0.3 is 9.64 Å². The Bertz CT molecular complexity index is 631. The van der Waals surface area contributed by atoms with Gasteiger partial charge in [0.25, 0.3) is 0 Å². The number of hydrogen-bond acceptors (Lipinski definition) is 5. The van der Waals surface area contributed by atoms with E-state index in [-0.39, 0.29) is 0 Å². The van der Waals surface area contributed by atoms with Crippen LogP contribution in [0.25, 0.3) is 10.9 Å². The molecule has 0 spiro atoms. The monoisotopic (exact) mass is 364 g/mol. The lowest BCUT2D eigenvalue weighted by Gasteiger charge is -2.27. The van der Waals surface area contributed by atoms with Crippen molar-refractivity contribution in [2.24, 2.45) is 0 Å². The Labute approximate surface area is 139 Å². The second-order valence-electron chi connectivity index (χ2n) is 5.60. The fourth-order valence-electron chi connectivity index (χ4n) is 2.63. The van der Waals surface area contributed by atoms with Crippen molar-refractivity contribution >= 4 is 32.8 Å². The number of benzene rings is 1. The lowest BCUT2D eigenvalue weighted by atomic mass is 10.2. The minimum atomic E-state index is 0.789. The minimum absolute atomic E-state index is 0.789. The highest BCUT2D eigenvalue weighted by molar-refractivity contribution is 9.10. The fourth-order valence-corrected chi connectivity index (χ4v) is 3.01. The van der Waals surface area contributed by atoms with Crippen LogP contribution in [0.4, 0.5) is 5.95 Å². The van der Waals surface area contributed by atoms with E-state index in [4.69, 9.17) is 4.74 Å². The molecule has 0 unspecified atom stereocenters. The molecule has 118 valence electrons. The van der Waals surface area contributed by atoms with Crippen LogP contribution in [0.15, 0.2) is 28.9 Å². The van der Waals surface area contributed by atoms with E-state index in [0.29, 0.717) is 0 Å². The number of aromatic nitrogens is 2. The molecule has 0 bridgehead atoms. The zero-order valence-electron chi connectivity index (χ0n) is 12.8. The first-order valence-corrected chi connectivity index (χ1v) is 8.45. The Morgan fingerprint density at radius 3 is 2.95 bits per heavy atom. The molecule has 2 aromatic rings. The fraction of sp³-hybridized carbons (Fsp3) is 0.500. The van der Waals surface area contributed by atoms with Crippen LogP contribution in [0.2, 0.25) is 0 Å². The van der Waals surface area contributed by atoms with E-state index in [0.717, 1.165) is 67.1 Å². The summed E-state index contributed by atoms with van der Waals surface area (Å²) >= 11 is 3.47. The van der Waals surface area contributed by atoms with Gasteiger partial charge in [-0.1, -0.05) is 15.9 Å². The molecule has 22 heavy (non-hydrogen) atoms. The van der Waals surface area contributed by atoms with Gasteiger partial charge in [0.15, 0.2) is 0 Å². The molecule has 6 heteroatoms. The van der Waals surface area contributed by atoms with Crippen LogP contribution in [0.3, 0.4) is 0 Å². The van der Waals surface area contributed by atoms with Crippen molar-refractivity contribution in [2.45, 2.75) is 6.42 Å². The molecule has 0 aliphatic carbocycles. The average Bonchev–Trinajstić information content (AvgIpc) is 2.55. The molecule has 3 rings (SSSR count). The van der Waals surface area contributed by atoms with Gasteiger partial charge in [-0.15, -0.1) is 0 Å². The Hall–Kier alpha value is -1.24. The molecule has 0 atom stereocenters. The van der Waals surface area contributed by atoms with Gasteiger partial charge in [0, 0.05) is 49.3 Å². The van der Waals surface area contributed by atoms with Crippen LogP contribution in [0, 0.1) is 0 Å². The van der Waals surface area contributed by atoms with Crippen LogP contribution in [-0.4, -0.2) is 61.3 Å². The van der Waals surface area contributed by atoms with Crippen LogP contribution in [0.1, 0.15) is 6.42 Å². The van der Waals surface area contributed by atoms with Gasteiger partial charge in [0.1, 0.15) is 0 Å². The number of nitrogens with zero attached hydrogens (tertiary/aromatic N) is 4. The normalized spacial score (nSPS) is 16.1. The molecule has 5 nitrogen and oxygen atoms in total. The summed E-state index contributed by atoms with van der Waals surface area (Å²) in [5, 5.41) is 1.06. The van der Waals surface area contributed by atoms with Gasteiger partial charge in [-0.05, 0) is 24.6 Å². The molecule has 1 fully saturated rings. The lowest BCUT2D eigenvalue weighted by Crippen LogP contribution is -2.38. The first kappa shape index (κ1) is 15.6. The molecule has 1 aromatic heterocycles. The number of ether oxygens (including phenoxy) is 1. The molecule has 1 aliphatic heterocycles. The van der Waals surface area contributed by atoms with Crippen molar-refractivity contribution in [2.75, 3.05) is 51.3 Å². The van der Waals surface area contributed by atoms with Gasteiger partial charge >= 0.3 is 0 Å².